The fourth-order valence-corrected chi connectivity index (χ4v) is 2.37. The number of benzene rings is 1. The van der Waals surface area contributed by atoms with Crippen molar-refractivity contribution in [3.63, 3.8) is 0 Å². The second-order valence-corrected chi connectivity index (χ2v) is 5.55. The number of nitrogens with zero attached hydrogens (tertiary/aromatic N) is 1. The number of aromatic nitrogens is 1. The molecule has 4 nitrogen and oxygen atoms in total. The molecule has 1 heterocycles. The topological polar surface area (TPSA) is 56.3 Å². The van der Waals surface area contributed by atoms with Gasteiger partial charge in [-0.2, -0.15) is 0 Å². The molecule has 1 amide bonds. The lowest BCUT2D eigenvalue weighted by Crippen LogP contribution is -2.30. The van der Waals surface area contributed by atoms with Crippen molar-refractivity contribution >= 4 is 16.8 Å². The number of aromatic amines is 1. The summed E-state index contributed by atoms with van der Waals surface area (Å²) < 4.78 is 13.4. The van der Waals surface area contributed by atoms with Crippen LogP contribution in [0, 0.1) is 12.7 Å². The van der Waals surface area contributed by atoms with Gasteiger partial charge in [0.1, 0.15) is 5.82 Å². The first-order chi connectivity index (χ1) is 9.88. The molecule has 1 atom stereocenters. The minimum absolute atomic E-state index is 0.0380. The highest BCUT2D eigenvalue weighted by molar-refractivity contribution is 5.90. The van der Waals surface area contributed by atoms with Gasteiger partial charge in [-0.05, 0) is 44.0 Å². The number of carbonyl (C=O) groups is 1. The van der Waals surface area contributed by atoms with Crippen molar-refractivity contribution in [1.29, 1.82) is 0 Å². The van der Waals surface area contributed by atoms with Crippen molar-refractivity contribution in [1.82, 2.24) is 9.88 Å². The lowest BCUT2D eigenvalue weighted by atomic mass is 10.1. The van der Waals surface area contributed by atoms with Crippen molar-refractivity contribution in [2.75, 3.05) is 13.6 Å². The van der Waals surface area contributed by atoms with Crippen LogP contribution in [0.25, 0.3) is 10.9 Å². The molecule has 0 fully saturated rings. The largest absolute Gasteiger partial charge is 0.393 e. The fraction of sp³-hybridized carbons (Fsp3) is 0.438. The maximum Gasteiger partial charge on any atom is 0.226 e. The van der Waals surface area contributed by atoms with Gasteiger partial charge in [0.2, 0.25) is 5.91 Å². The van der Waals surface area contributed by atoms with Crippen LogP contribution >= 0.6 is 0 Å². The van der Waals surface area contributed by atoms with E-state index in [0.29, 0.717) is 13.0 Å². The summed E-state index contributed by atoms with van der Waals surface area (Å²) in [7, 11) is 1.72. The zero-order valence-corrected chi connectivity index (χ0v) is 12.6. The van der Waals surface area contributed by atoms with Crippen LogP contribution < -0.4 is 0 Å². The summed E-state index contributed by atoms with van der Waals surface area (Å²) in [5.74, 6) is -0.346. The molecule has 21 heavy (non-hydrogen) atoms. The number of amides is 1. The van der Waals surface area contributed by atoms with E-state index in [-0.39, 0.29) is 18.1 Å². The van der Waals surface area contributed by atoms with E-state index in [1.54, 1.807) is 24.9 Å². The first-order valence-electron chi connectivity index (χ1n) is 7.07. The first kappa shape index (κ1) is 15.5. The van der Waals surface area contributed by atoms with Gasteiger partial charge in [-0.1, -0.05) is 0 Å². The molecule has 0 saturated carbocycles. The number of H-pyrrole nitrogens is 1. The van der Waals surface area contributed by atoms with Crippen LogP contribution in [0.4, 0.5) is 4.39 Å². The summed E-state index contributed by atoms with van der Waals surface area (Å²) in [6.07, 6.45) is 0.346. The van der Waals surface area contributed by atoms with Crippen LogP contribution in [0.1, 0.15) is 24.6 Å². The Balaban J connectivity index is 2.17. The average molecular weight is 292 g/mol. The minimum Gasteiger partial charge on any atom is -0.393 e. The van der Waals surface area contributed by atoms with Crippen molar-refractivity contribution in [3.05, 3.63) is 35.3 Å². The Hall–Kier alpha value is -1.88. The van der Waals surface area contributed by atoms with E-state index in [1.807, 2.05) is 6.92 Å². The summed E-state index contributed by atoms with van der Waals surface area (Å²) >= 11 is 0. The molecular formula is C16H21FN2O2. The number of nitrogens with one attached hydrogen (secondary N) is 1. The van der Waals surface area contributed by atoms with E-state index < -0.39 is 6.10 Å². The molecule has 1 aromatic heterocycles. The number of likely N-dealkylation sites (N-methyl/N-ethyl adjacent to an activating group) is 1. The molecule has 1 aromatic carbocycles. The van der Waals surface area contributed by atoms with Crippen LogP contribution in [0.3, 0.4) is 0 Å². The number of hydrogen-bond donors (Lipinski definition) is 2. The van der Waals surface area contributed by atoms with Gasteiger partial charge in [-0.3, -0.25) is 4.79 Å². The van der Waals surface area contributed by atoms with Crippen molar-refractivity contribution in [3.8, 4) is 0 Å². The van der Waals surface area contributed by atoms with Gasteiger partial charge < -0.3 is 15.0 Å². The van der Waals surface area contributed by atoms with Crippen molar-refractivity contribution in [2.24, 2.45) is 0 Å². The molecule has 0 spiro atoms. The third-order valence-electron chi connectivity index (χ3n) is 3.72. The van der Waals surface area contributed by atoms with Crippen LogP contribution in [-0.4, -0.2) is 40.6 Å². The van der Waals surface area contributed by atoms with Gasteiger partial charge in [-0.15, -0.1) is 0 Å². The monoisotopic (exact) mass is 292 g/mol. The highest BCUT2D eigenvalue weighted by atomic mass is 19.1. The number of aliphatic hydroxyl groups excluding tert-OH is 1. The predicted molar refractivity (Wildman–Crippen MR) is 80.6 cm³/mol. The molecule has 0 aliphatic heterocycles. The lowest BCUT2D eigenvalue weighted by Gasteiger charge is -2.18. The van der Waals surface area contributed by atoms with Gasteiger partial charge in [0, 0.05) is 30.2 Å². The van der Waals surface area contributed by atoms with Gasteiger partial charge in [0.15, 0.2) is 0 Å². The molecular weight excluding hydrogens is 271 g/mol. The zero-order chi connectivity index (χ0) is 15.6. The molecule has 5 heteroatoms. The lowest BCUT2D eigenvalue weighted by molar-refractivity contribution is -0.129. The minimum atomic E-state index is -0.427. The smallest absolute Gasteiger partial charge is 0.226 e. The summed E-state index contributed by atoms with van der Waals surface area (Å²) in [6, 6.07) is 4.54. The molecule has 0 aliphatic rings. The highest BCUT2D eigenvalue weighted by Gasteiger charge is 2.16. The Labute approximate surface area is 123 Å². The van der Waals surface area contributed by atoms with Gasteiger partial charge in [0.05, 0.1) is 12.5 Å². The van der Waals surface area contributed by atoms with Crippen molar-refractivity contribution in [2.45, 2.75) is 32.8 Å². The number of carbonyl (C=O) groups excluding carboxylic acids is 1. The van der Waals surface area contributed by atoms with E-state index in [1.165, 1.54) is 12.1 Å². The van der Waals surface area contributed by atoms with E-state index in [2.05, 4.69) is 4.98 Å². The number of rotatable bonds is 5. The first-order valence-corrected chi connectivity index (χ1v) is 7.07. The zero-order valence-electron chi connectivity index (χ0n) is 12.6. The molecule has 2 aromatic rings. The maximum absolute atomic E-state index is 13.4. The van der Waals surface area contributed by atoms with Crippen molar-refractivity contribution < 1.29 is 14.3 Å². The third-order valence-corrected chi connectivity index (χ3v) is 3.72. The molecule has 2 rings (SSSR count). The SMILES string of the molecule is Cc1[nH]c2ccc(F)cc2c1CC(=O)N(C)CCC(C)O. The molecule has 0 saturated heterocycles. The Kier molecular flexibility index (Phi) is 4.63. The molecule has 114 valence electrons. The second kappa shape index (κ2) is 6.26. The third kappa shape index (κ3) is 3.61. The van der Waals surface area contributed by atoms with Crippen LogP contribution in [-0.2, 0) is 11.2 Å². The van der Waals surface area contributed by atoms with Crippen LogP contribution in [0.2, 0.25) is 0 Å². The number of halogens is 1. The van der Waals surface area contributed by atoms with E-state index in [9.17, 15) is 14.3 Å². The number of hydrogen-bond acceptors (Lipinski definition) is 2. The van der Waals surface area contributed by atoms with Crippen LogP contribution in [0.5, 0.6) is 0 Å². The van der Waals surface area contributed by atoms with E-state index in [4.69, 9.17) is 0 Å². The molecule has 0 radical (unpaired) electrons. The standard InChI is InChI=1S/C16H21FN2O2/c1-10(20)6-7-19(3)16(21)9-13-11(2)18-15-5-4-12(17)8-14(13)15/h4-5,8,10,18,20H,6-7,9H2,1-3H3. The fourth-order valence-electron chi connectivity index (χ4n) is 2.37. The average Bonchev–Trinajstić information content (AvgIpc) is 2.72. The molecule has 1 unspecified atom stereocenters. The van der Waals surface area contributed by atoms with Gasteiger partial charge in [0.25, 0.3) is 0 Å². The Bertz CT molecular complexity index is 649. The van der Waals surface area contributed by atoms with E-state index >= 15 is 0 Å². The molecule has 0 aliphatic carbocycles. The normalized spacial score (nSPS) is 12.6. The summed E-state index contributed by atoms with van der Waals surface area (Å²) in [5, 5.41) is 10.0. The maximum atomic E-state index is 13.4. The summed E-state index contributed by atoms with van der Waals surface area (Å²) in [6.45, 7) is 4.09. The van der Waals surface area contributed by atoms with Crippen LogP contribution in [0.15, 0.2) is 18.2 Å². The second-order valence-electron chi connectivity index (χ2n) is 5.55. The number of fused-ring (bicyclic) bond motifs is 1. The van der Waals surface area contributed by atoms with E-state index in [0.717, 1.165) is 22.2 Å². The predicted octanol–water partition coefficient (Wildman–Crippen LogP) is 2.39. The van der Waals surface area contributed by atoms with Gasteiger partial charge in [-0.25, -0.2) is 4.39 Å². The summed E-state index contributed by atoms with van der Waals surface area (Å²) in [5.41, 5.74) is 2.55. The quantitative estimate of drug-likeness (QED) is 0.889. The Morgan fingerprint density at radius 3 is 2.86 bits per heavy atom. The van der Waals surface area contributed by atoms with Gasteiger partial charge >= 0.3 is 0 Å². The molecule has 2 N–H and O–H groups in total. The number of aliphatic hydroxyl groups is 1. The Morgan fingerprint density at radius 1 is 1.48 bits per heavy atom. The molecule has 0 bridgehead atoms. The summed E-state index contributed by atoms with van der Waals surface area (Å²) in [4.78, 5) is 17.0. The number of aryl methyl sites for hydroxylation is 1. The Morgan fingerprint density at radius 2 is 2.19 bits per heavy atom. The highest BCUT2D eigenvalue weighted by Crippen LogP contribution is 2.24.